The number of halogens is 1. The number of hydrogen-bond donors (Lipinski definition) is 0. The van der Waals surface area contributed by atoms with E-state index in [1.165, 1.54) is 0 Å². The van der Waals surface area contributed by atoms with Crippen molar-refractivity contribution in [2.75, 3.05) is 11.9 Å². The van der Waals surface area contributed by atoms with E-state index in [1.54, 1.807) is 6.92 Å². The van der Waals surface area contributed by atoms with Crippen LogP contribution in [0.2, 0.25) is 0 Å². The van der Waals surface area contributed by atoms with Crippen molar-refractivity contribution in [3.8, 4) is 0 Å². The van der Waals surface area contributed by atoms with Crippen molar-refractivity contribution in [1.82, 2.24) is 0 Å². The Morgan fingerprint density at radius 2 is 2.33 bits per heavy atom. The predicted octanol–water partition coefficient (Wildman–Crippen LogP) is 0.980. The van der Waals surface area contributed by atoms with Gasteiger partial charge in [0.05, 0.1) is 0 Å². The van der Waals surface area contributed by atoms with Gasteiger partial charge in [-0.3, -0.25) is 14.9 Å². The summed E-state index contributed by atoms with van der Waals surface area (Å²) in [6.07, 6.45) is 0.364. The van der Waals surface area contributed by atoms with Crippen molar-refractivity contribution in [3.63, 3.8) is 0 Å². The minimum atomic E-state index is -0.784. The van der Waals surface area contributed by atoms with Crippen LogP contribution in [0.25, 0.3) is 0 Å². The van der Waals surface area contributed by atoms with Gasteiger partial charge in [-0.1, -0.05) is 22.9 Å². The fourth-order valence-corrected chi connectivity index (χ4v) is 0.717. The minimum absolute atomic E-state index is 0.0706. The number of ether oxygens (including phenoxy) is 1. The summed E-state index contributed by atoms with van der Waals surface area (Å²) in [5.41, 5.74) is 0. The highest BCUT2D eigenvalue weighted by Crippen LogP contribution is 1.98. The number of carbonyl (C=O) groups excluding carboxylic acids is 1. The number of esters is 1. The van der Waals surface area contributed by atoms with E-state index >= 15 is 0 Å². The zero-order valence-electron chi connectivity index (χ0n) is 6.66. The third-order valence-corrected chi connectivity index (χ3v) is 1.77. The molecular formula is C6H10BrNO4. The third-order valence-electron chi connectivity index (χ3n) is 1.32. The predicted molar refractivity (Wildman–Crippen MR) is 45.8 cm³/mol. The molecule has 0 aliphatic heterocycles. The topological polar surface area (TPSA) is 69.4 Å². The summed E-state index contributed by atoms with van der Waals surface area (Å²) >= 11 is 2.88. The van der Waals surface area contributed by atoms with Gasteiger partial charge < -0.3 is 4.74 Å². The molecule has 0 spiro atoms. The van der Waals surface area contributed by atoms with Crippen LogP contribution in [0.1, 0.15) is 13.3 Å². The van der Waals surface area contributed by atoms with Gasteiger partial charge in [-0.05, 0) is 0 Å². The van der Waals surface area contributed by atoms with Gasteiger partial charge in [-0.15, -0.1) is 0 Å². The second kappa shape index (κ2) is 5.93. The van der Waals surface area contributed by atoms with Crippen LogP contribution in [0.4, 0.5) is 0 Å². The summed E-state index contributed by atoms with van der Waals surface area (Å²) in [5, 5.41) is 10.3. The lowest BCUT2D eigenvalue weighted by Crippen LogP contribution is -2.26. The number of hydrogen-bond acceptors (Lipinski definition) is 4. The van der Waals surface area contributed by atoms with Crippen molar-refractivity contribution in [2.24, 2.45) is 0 Å². The van der Waals surface area contributed by atoms with Gasteiger partial charge in [0.1, 0.15) is 5.33 Å². The first kappa shape index (κ1) is 11.4. The summed E-state index contributed by atoms with van der Waals surface area (Å²) in [4.78, 5) is 20.4. The molecule has 0 aromatic rings. The van der Waals surface area contributed by atoms with Gasteiger partial charge in [-0.25, -0.2) is 0 Å². The van der Waals surface area contributed by atoms with E-state index in [4.69, 9.17) is 0 Å². The lowest BCUT2D eigenvalue weighted by molar-refractivity contribution is -0.525. The molecule has 6 heteroatoms. The third kappa shape index (κ3) is 4.27. The summed E-state index contributed by atoms with van der Waals surface area (Å²) in [6.45, 7) is 1.53. The number of nitro groups is 1. The highest BCUT2D eigenvalue weighted by molar-refractivity contribution is 9.09. The standard InChI is InChI=1S/C6H10BrNO4/c1-2-5(8(10)11)4-12-6(9)3-7/h5H,2-4H2,1H3. The maximum Gasteiger partial charge on any atom is 0.316 e. The van der Waals surface area contributed by atoms with Crippen LogP contribution in [0, 0.1) is 10.1 Å². The summed E-state index contributed by atoms with van der Waals surface area (Å²) in [7, 11) is 0. The Morgan fingerprint density at radius 3 is 2.67 bits per heavy atom. The molecule has 0 radical (unpaired) electrons. The molecule has 1 unspecified atom stereocenters. The normalized spacial score (nSPS) is 12.2. The fraction of sp³-hybridized carbons (Fsp3) is 0.833. The monoisotopic (exact) mass is 239 g/mol. The number of nitrogens with zero attached hydrogens (tertiary/aromatic N) is 1. The van der Waals surface area contributed by atoms with E-state index in [2.05, 4.69) is 20.7 Å². The van der Waals surface area contributed by atoms with Gasteiger partial charge in [0.2, 0.25) is 6.04 Å². The lowest BCUT2D eigenvalue weighted by Gasteiger charge is -2.06. The molecule has 0 fully saturated rings. The highest BCUT2D eigenvalue weighted by Gasteiger charge is 2.18. The van der Waals surface area contributed by atoms with E-state index in [0.717, 1.165) is 0 Å². The van der Waals surface area contributed by atoms with Gasteiger partial charge in [0.25, 0.3) is 0 Å². The molecule has 0 saturated heterocycles. The van der Waals surface area contributed by atoms with Gasteiger partial charge in [0, 0.05) is 11.3 Å². The van der Waals surface area contributed by atoms with Gasteiger partial charge >= 0.3 is 5.97 Å². The molecule has 0 rings (SSSR count). The van der Waals surface area contributed by atoms with E-state index < -0.39 is 16.9 Å². The maximum atomic E-state index is 10.6. The van der Waals surface area contributed by atoms with E-state index in [-0.39, 0.29) is 11.9 Å². The van der Waals surface area contributed by atoms with Crippen LogP contribution in [-0.2, 0) is 9.53 Å². The lowest BCUT2D eigenvalue weighted by atomic mass is 10.2. The van der Waals surface area contributed by atoms with E-state index in [9.17, 15) is 14.9 Å². The zero-order valence-corrected chi connectivity index (χ0v) is 8.24. The Hall–Kier alpha value is -0.650. The van der Waals surface area contributed by atoms with Gasteiger partial charge in [-0.2, -0.15) is 0 Å². The molecule has 0 N–H and O–H groups in total. The quantitative estimate of drug-likeness (QED) is 0.311. The molecule has 0 aliphatic rings. The molecule has 12 heavy (non-hydrogen) atoms. The molecule has 0 aromatic heterocycles. The molecule has 0 aromatic carbocycles. The van der Waals surface area contributed by atoms with Crippen molar-refractivity contribution in [3.05, 3.63) is 10.1 Å². The van der Waals surface area contributed by atoms with Crippen molar-refractivity contribution in [1.29, 1.82) is 0 Å². The Kier molecular flexibility index (Phi) is 5.61. The highest BCUT2D eigenvalue weighted by atomic mass is 79.9. The summed E-state index contributed by atoms with van der Waals surface area (Å²) in [5.74, 6) is -0.477. The van der Waals surface area contributed by atoms with Crippen LogP contribution >= 0.6 is 15.9 Å². The molecule has 70 valence electrons. The molecule has 0 saturated carbocycles. The zero-order chi connectivity index (χ0) is 9.56. The molecule has 5 nitrogen and oxygen atoms in total. The first-order valence-corrected chi connectivity index (χ1v) is 4.59. The second-order valence-electron chi connectivity index (χ2n) is 2.16. The summed E-state index contributed by atoms with van der Waals surface area (Å²) in [6, 6.07) is -0.784. The average molecular weight is 240 g/mol. The fourth-order valence-electron chi connectivity index (χ4n) is 0.555. The smallest absolute Gasteiger partial charge is 0.316 e. The number of carbonyl (C=O) groups is 1. The minimum Gasteiger partial charge on any atom is -0.458 e. The van der Waals surface area contributed by atoms with Crippen molar-refractivity contribution >= 4 is 21.9 Å². The largest absolute Gasteiger partial charge is 0.458 e. The SMILES string of the molecule is CCC(COC(=O)CBr)[N+](=O)[O-]. The maximum absolute atomic E-state index is 10.6. The first-order valence-electron chi connectivity index (χ1n) is 3.46. The average Bonchev–Trinajstić information content (AvgIpc) is 2.04. The molecule has 0 aliphatic carbocycles. The molecule has 0 amide bonds. The first-order chi connectivity index (χ1) is 5.61. The van der Waals surface area contributed by atoms with Crippen molar-refractivity contribution < 1.29 is 14.5 Å². The van der Waals surface area contributed by atoms with Crippen molar-refractivity contribution in [2.45, 2.75) is 19.4 Å². The Bertz CT molecular complexity index is 173. The number of alkyl halides is 1. The van der Waals surface area contributed by atoms with E-state index in [0.29, 0.717) is 6.42 Å². The Morgan fingerprint density at radius 1 is 1.75 bits per heavy atom. The summed E-state index contributed by atoms with van der Waals surface area (Å²) < 4.78 is 4.58. The second-order valence-corrected chi connectivity index (χ2v) is 2.72. The van der Waals surface area contributed by atoms with Crippen LogP contribution < -0.4 is 0 Å². The molecule has 1 atom stereocenters. The van der Waals surface area contributed by atoms with Crippen LogP contribution in [-0.4, -0.2) is 28.9 Å². The Labute approximate surface area is 78.4 Å². The number of rotatable bonds is 5. The molecule has 0 heterocycles. The van der Waals surface area contributed by atoms with Crippen LogP contribution in [0.5, 0.6) is 0 Å². The van der Waals surface area contributed by atoms with E-state index in [1.807, 2.05) is 0 Å². The van der Waals surface area contributed by atoms with Crippen LogP contribution in [0.15, 0.2) is 0 Å². The Balaban J connectivity index is 3.73. The van der Waals surface area contributed by atoms with Gasteiger partial charge in [0.15, 0.2) is 6.61 Å². The van der Waals surface area contributed by atoms with Crippen LogP contribution in [0.3, 0.4) is 0 Å². The molecule has 0 bridgehead atoms. The molecular weight excluding hydrogens is 230 g/mol.